The Hall–Kier alpha value is -8.14. The third-order valence-electron chi connectivity index (χ3n) is 15.9. The van der Waals surface area contributed by atoms with Gasteiger partial charge in [0, 0.05) is 30.4 Å². The predicted octanol–water partition coefficient (Wildman–Crippen LogP) is 18.6. The van der Waals surface area contributed by atoms with Crippen LogP contribution in [0.15, 0.2) is 244 Å². The average molecular weight is 947 g/mol. The van der Waals surface area contributed by atoms with Gasteiger partial charge in [-0.3, -0.25) is 0 Å². The molecule has 2 aliphatic heterocycles. The van der Waals surface area contributed by atoms with E-state index in [1.54, 1.807) is 0 Å². The summed E-state index contributed by atoms with van der Waals surface area (Å²) in [4.78, 5) is 5.27. The number of rotatable bonds is 4. The van der Waals surface area contributed by atoms with E-state index in [0.717, 1.165) is 12.8 Å². The maximum Gasteiger partial charge on any atom is 0.0208 e. The molecule has 0 bridgehead atoms. The molecule has 2 heteroatoms. The van der Waals surface area contributed by atoms with Gasteiger partial charge in [-0.1, -0.05) is 230 Å². The van der Waals surface area contributed by atoms with Crippen molar-refractivity contribution in [1.82, 2.24) is 0 Å². The number of hydrogen-bond donors (Lipinski definition) is 0. The lowest BCUT2D eigenvalue weighted by Crippen LogP contribution is -2.29. The monoisotopic (exact) mass is 946 g/mol. The van der Waals surface area contributed by atoms with Crippen LogP contribution in [0.4, 0.5) is 0 Å². The first-order valence-corrected chi connectivity index (χ1v) is 26.8. The second kappa shape index (κ2) is 15.7. The van der Waals surface area contributed by atoms with Gasteiger partial charge in [0.2, 0.25) is 0 Å². The first-order chi connectivity index (χ1) is 35.7. The van der Waals surface area contributed by atoms with E-state index in [-0.39, 0.29) is 0 Å². The summed E-state index contributed by atoms with van der Waals surface area (Å²) < 4.78 is 0. The Labute approximate surface area is 425 Å². The summed E-state index contributed by atoms with van der Waals surface area (Å²) in [6.07, 6.45) is 4.50. The molecule has 13 aromatic carbocycles. The van der Waals surface area contributed by atoms with Crippen molar-refractivity contribution < 1.29 is 0 Å². The fourth-order valence-corrected chi connectivity index (χ4v) is 15.2. The van der Waals surface area contributed by atoms with E-state index in [0.29, 0.717) is 0 Å². The summed E-state index contributed by atoms with van der Waals surface area (Å²) >= 11 is 3.86. The summed E-state index contributed by atoms with van der Waals surface area (Å²) in [7, 11) is 0. The molecule has 0 fully saturated rings. The number of benzene rings is 13. The zero-order valence-electron chi connectivity index (χ0n) is 39.2. The van der Waals surface area contributed by atoms with E-state index in [1.807, 2.05) is 23.5 Å². The lowest BCUT2D eigenvalue weighted by Gasteiger charge is -2.27. The van der Waals surface area contributed by atoms with Gasteiger partial charge < -0.3 is 0 Å². The Morgan fingerprint density at radius 3 is 1.26 bits per heavy atom. The molecule has 0 saturated carbocycles. The zero-order valence-corrected chi connectivity index (χ0v) is 40.8. The summed E-state index contributed by atoms with van der Waals surface area (Å²) in [5.74, 6) is 0. The van der Waals surface area contributed by atoms with Gasteiger partial charge in [-0.25, -0.2) is 0 Å². The van der Waals surface area contributed by atoms with Crippen LogP contribution in [0, 0.1) is 0 Å². The quantitative estimate of drug-likeness (QED) is 0.161. The molecule has 0 atom stereocenters. The second-order valence-electron chi connectivity index (χ2n) is 19.6. The van der Waals surface area contributed by atoms with Crippen molar-refractivity contribution in [2.75, 3.05) is 0 Å². The highest BCUT2D eigenvalue weighted by Crippen LogP contribution is 2.57. The van der Waals surface area contributed by atoms with Gasteiger partial charge in [0.25, 0.3) is 0 Å². The molecule has 2 heterocycles. The van der Waals surface area contributed by atoms with Crippen LogP contribution < -0.4 is 10.4 Å². The zero-order chi connectivity index (χ0) is 47.0. The molecule has 1 aliphatic carbocycles. The molecule has 0 N–H and O–H groups in total. The van der Waals surface area contributed by atoms with Crippen LogP contribution in [-0.2, 0) is 0 Å². The first-order valence-electron chi connectivity index (χ1n) is 25.1. The Balaban J connectivity index is 0.826. The number of fused-ring (bicyclic) bond motifs is 10. The molecule has 3 aliphatic rings. The van der Waals surface area contributed by atoms with Crippen LogP contribution in [-0.4, -0.2) is 0 Å². The Bertz CT molecular complexity index is 4570. The van der Waals surface area contributed by atoms with Crippen LogP contribution >= 0.6 is 23.5 Å². The standard InChI is InChI=1S/C70H42S2/c1-3-19-45-41(15-1)17-13-29-49(45)67-55-25-9-5-21-51(55)65(52-22-6-10-26-56(52)67)43-31-33-47-59-35-36-60-48-34-32-44(40-64(48)72-62-38-37-61(69(59)70(60)62)71-63(47)39-43)66-53-23-7-11-27-57(53)68(58-28-12-8-24-54(58)66)50-30-14-18-42-16-2-4-20-46(42)50/h1-13,15-29,31-40H,14,30H2. The van der Waals surface area contributed by atoms with E-state index in [4.69, 9.17) is 0 Å². The molecule has 0 saturated heterocycles. The highest BCUT2D eigenvalue weighted by molar-refractivity contribution is 8.00. The van der Waals surface area contributed by atoms with Crippen molar-refractivity contribution in [3.8, 4) is 55.6 Å². The van der Waals surface area contributed by atoms with Crippen molar-refractivity contribution in [3.05, 3.63) is 240 Å². The van der Waals surface area contributed by atoms with Gasteiger partial charge in [0.15, 0.2) is 0 Å². The third kappa shape index (κ3) is 5.85. The van der Waals surface area contributed by atoms with Gasteiger partial charge in [-0.2, -0.15) is 0 Å². The predicted molar refractivity (Wildman–Crippen MR) is 309 cm³/mol. The smallest absolute Gasteiger partial charge is 0.0208 e. The highest BCUT2D eigenvalue weighted by Gasteiger charge is 2.29. The fourth-order valence-electron chi connectivity index (χ4n) is 12.9. The molecule has 0 spiro atoms. The molecule has 0 unspecified atom stereocenters. The molecule has 0 radical (unpaired) electrons. The lowest BCUT2D eigenvalue weighted by molar-refractivity contribution is 1.08. The average Bonchev–Trinajstić information content (AvgIpc) is 3.44. The van der Waals surface area contributed by atoms with Crippen LogP contribution in [0.25, 0.3) is 132 Å². The highest BCUT2D eigenvalue weighted by atomic mass is 32.2. The largest absolute Gasteiger partial charge is 0.0887 e. The van der Waals surface area contributed by atoms with E-state index < -0.39 is 0 Å². The molecule has 0 nitrogen and oxygen atoms in total. The minimum Gasteiger partial charge on any atom is -0.0887 e. The Morgan fingerprint density at radius 1 is 0.292 bits per heavy atom. The van der Waals surface area contributed by atoms with Gasteiger partial charge in [0.05, 0.1) is 0 Å². The maximum absolute atomic E-state index is 2.47. The minimum absolute atomic E-state index is 1.04. The fraction of sp³-hybridized carbons (Fsp3) is 0.0286. The van der Waals surface area contributed by atoms with E-state index in [2.05, 4.69) is 231 Å². The summed E-state index contributed by atoms with van der Waals surface area (Å²) in [5.41, 5.74) is 15.8. The maximum atomic E-state index is 2.47. The molecular weight excluding hydrogens is 905 g/mol. The second-order valence-corrected chi connectivity index (χ2v) is 21.8. The van der Waals surface area contributed by atoms with E-state index in [9.17, 15) is 0 Å². The Kier molecular flexibility index (Phi) is 8.84. The van der Waals surface area contributed by atoms with Gasteiger partial charge in [0.1, 0.15) is 0 Å². The first kappa shape index (κ1) is 40.6. The van der Waals surface area contributed by atoms with Crippen LogP contribution in [0.5, 0.6) is 0 Å². The van der Waals surface area contributed by atoms with E-state index >= 15 is 0 Å². The van der Waals surface area contributed by atoms with Crippen LogP contribution in [0.3, 0.4) is 0 Å². The summed E-state index contributed by atoms with van der Waals surface area (Å²) in [6, 6.07) is 84.9. The van der Waals surface area contributed by atoms with Gasteiger partial charge in [-0.15, -0.1) is 0 Å². The minimum atomic E-state index is 1.04. The van der Waals surface area contributed by atoms with Gasteiger partial charge >= 0.3 is 0 Å². The summed E-state index contributed by atoms with van der Waals surface area (Å²) in [6.45, 7) is 0. The van der Waals surface area contributed by atoms with Gasteiger partial charge in [-0.05, 0) is 168 Å². The Morgan fingerprint density at radius 2 is 0.722 bits per heavy atom. The normalized spacial score (nSPS) is 13.4. The van der Waals surface area contributed by atoms with E-state index in [1.165, 1.54) is 161 Å². The molecule has 72 heavy (non-hydrogen) atoms. The molecule has 334 valence electrons. The SMILES string of the molecule is C1=c2ccccc2=C(c2c3ccccc3c(-c3ccc4c(c3)Sc3ccc5c6c(ccc-4c36)-c3ccc(-c4c6ccccc6c(-c6cccc7ccccc67)c6ccccc46)cc3S5)c3ccccc23)CC1. The topological polar surface area (TPSA) is 0 Å². The van der Waals surface area contributed by atoms with Crippen LogP contribution in [0.2, 0.25) is 0 Å². The number of hydrogen-bond acceptors (Lipinski definition) is 2. The molecule has 16 rings (SSSR count). The van der Waals surface area contributed by atoms with Crippen molar-refractivity contribution in [2.24, 2.45) is 0 Å². The molecular formula is C70H42S2. The van der Waals surface area contributed by atoms with Crippen molar-refractivity contribution in [1.29, 1.82) is 0 Å². The lowest BCUT2D eigenvalue weighted by atomic mass is 9.83. The summed E-state index contributed by atoms with van der Waals surface area (Å²) in [5, 5.41) is 18.4. The third-order valence-corrected chi connectivity index (χ3v) is 18.1. The van der Waals surface area contributed by atoms with Crippen molar-refractivity contribution >= 4 is 99.8 Å². The molecule has 13 aromatic rings. The molecule has 0 aromatic heterocycles. The van der Waals surface area contributed by atoms with Crippen molar-refractivity contribution in [3.63, 3.8) is 0 Å². The van der Waals surface area contributed by atoms with Crippen LogP contribution in [0.1, 0.15) is 18.4 Å². The molecule has 0 amide bonds. The van der Waals surface area contributed by atoms with Crippen molar-refractivity contribution in [2.45, 2.75) is 32.4 Å².